The number of hydrogen-bond donors (Lipinski definition) is 1. The topological polar surface area (TPSA) is 24.9 Å². The van der Waals surface area contributed by atoms with Crippen LogP contribution in [0.2, 0.25) is 0 Å². The largest absolute Gasteiger partial charge is 0.310 e. The van der Waals surface area contributed by atoms with Gasteiger partial charge in [-0.1, -0.05) is 32.0 Å². The number of aryl methyl sites for hydroxylation is 1. The van der Waals surface area contributed by atoms with Crippen LogP contribution in [0.4, 0.5) is 0 Å². The highest BCUT2D eigenvalue weighted by Gasteiger charge is 2.24. The maximum atomic E-state index is 5.05. The molecule has 0 spiro atoms. The van der Waals surface area contributed by atoms with Crippen LogP contribution in [0.5, 0.6) is 0 Å². The van der Waals surface area contributed by atoms with Crippen molar-refractivity contribution in [1.29, 1.82) is 0 Å². The van der Waals surface area contributed by atoms with Crippen molar-refractivity contribution in [2.45, 2.75) is 64.5 Å². The smallest absolute Gasteiger partial charge is 0.0743 e. The van der Waals surface area contributed by atoms with Crippen molar-refractivity contribution < 1.29 is 0 Å². The van der Waals surface area contributed by atoms with Crippen LogP contribution in [0.1, 0.15) is 61.4 Å². The fourth-order valence-corrected chi connectivity index (χ4v) is 3.61. The van der Waals surface area contributed by atoms with E-state index in [4.69, 9.17) is 4.98 Å². The average molecular weight is 280 g/mol. The van der Waals surface area contributed by atoms with Gasteiger partial charge in [0.1, 0.15) is 0 Å². The number of hydrogen-bond acceptors (Lipinski definition) is 2. The Morgan fingerprint density at radius 1 is 1.24 bits per heavy atom. The summed E-state index contributed by atoms with van der Waals surface area (Å²) in [4.78, 5) is 5.05. The second-order valence-corrected chi connectivity index (χ2v) is 6.92. The molecule has 1 aromatic heterocycles. The molecule has 4 rings (SSSR count). The monoisotopic (exact) mass is 280 g/mol. The van der Waals surface area contributed by atoms with Gasteiger partial charge in [0.25, 0.3) is 0 Å². The highest BCUT2D eigenvalue weighted by molar-refractivity contribution is 5.87. The summed E-state index contributed by atoms with van der Waals surface area (Å²) in [5.41, 5.74) is 7.08. The van der Waals surface area contributed by atoms with Crippen molar-refractivity contribution in [3.05, 3.63) is 40.6 Å². The van der Waals surface area contributed by atoms with E-state index in [2.05, 4.69) is 37.4 Å². The predicted molar refractivity (Wildman–Crippen MR) is 87.7 cm³/mol. The Balaban J connectivity index is 1.89. The molecule has 0 amide bonds. The van der Waals surface area contributed by atoms with Crippen LogP contribution < -0.4 is 5.32 Å². The van der Waals surface area contributed by atoms with Gasteiger partial charge in [0.15, 0.2) is 0 Å². The van der Waals surface area contributed by atoms with Gasteiger partial charge in [-0.25, -0.2) is 0 Å². The minimum atomic E-state index is 0.532. The number of fused-ring (bicyclic) bond motifs is 2. The van der Waals surface area contributed by atoms with Gasteiger partial charge >= 0.3 is 0 Å². The molecule has 2 aliphatic rings. The van der Waals surface area contributed by atoms with E-state index < -0.39 is 0 Å². The predicted octanol–water partition coefficient (Wildman–Crippen LogP) is 4.10. The van der Waals surface area contributed by atoms with Crippen molar-refractivity contribution in [1.82, 2.24) is 10.3 Å². The van der Waals surface area contributed by atoms with Gasteiger partial charge in [0.2, 0.25) is 0 Å². The first-order valence-electron chi connectivity index (χ1n) is 8.40. The minimum Gasteiger partial charge on any atom is -0.310 e. The van der Waals surface area contributed by atoms with Gasteiger partial charge < -0.3 is 5.32 Å². The second-order valence-electron chi connectivity index (χ2n) is 6.92. The number of nitrogens with one attached hydrogen (secondary N) is 1. The van der Waals surface area contributed by atoms with Crippen LogP contribution >= 0.6 is 0 Å². The van der Waals surface area contributed by atoms with E-state index in [1.165, 1.54) is 59.0 Å². The molecule has 0 bridgehead atoms. The molecule has 0 saturated heterocycles. The lowest BCUT2D eigenvalue weighted by Crippen LogP contribution is -2.17. The third kappa shape index (κ3) is 2.36. The zero-order chi connectivity index (χ0) is 14.4. The molecule has 1 aromatic carbocycles. The number of benzene rings is 1. The van der Waals surface area contributed by atoms with Gasteiger partial charge in [-0.15, -0.1) is 0 Å². The first kappa shape index (κ1) is 13.3. The summed E-state index contributed by atoms with van der Waals surface area (Å²) in [5.74, 6) is 0.532. The molecule has 0 unspecified atom stereocenters. The van der Waals surface area contributed by atoms with Crippen molar-refractivity contribution in [3.63, 3.8) is 0 Å². The van der Waals surface area contributed by atoms with Crippen LogP contribution in [-0.2, 0) is 19.4 Å². The van der Waals surface area contributed by atoms with E-state index in [0.717, 1.165) is 19.0 Å². The summed E-state index contributed by atoms with van der Waals surface area (Å²) in [6.07, 6.45) is 6.34. The Morgan fingerprint density at radius 2 is 2.10 bits per heavy atom. The van der Waals surface area contributed by atoms with Crippen molar-refractivity contribution in [2.75, 3.05) is 0 Å². The summed E-state index contributed by atoms with van der Waals surface area (Å²) >= 11 is 0. The summed E-state index contributed by atoms with van der Waals surface area (Å²) < 4.78 is 0. The molecule has 21 heavy (non-hydrogen) atoms. The van der Waals surface area contributed by atoms with Gasteiger partial charge in [0.05, 0.1) is 5.52 Å². The number of pyridine rings is 1. The van der Waals surface area contributed by atoms with E-state index >= 15 is 0 Å². The normalized spacial score (nSPS) is 17.7. The molecule has 0 radical (unpaired) electrons. The maximum Gasteiger partial charge on any atom is 0.0743 e. The Morgan fingerprint density at radius 3 is 2.86 bits per heavy atom. The summed E-state index contributed by atoms with van der Waals surface area (Å²) in [7, 11) is 0. The fraction of sp³-hybridized carbons (Fsp3) is 0.526. The molecule has 110 valence electrons. The molecule has 1 heterocycles. The molecular weight excluding hydrogens is 256 g/mol. The lowest BCUT2D eigenvalue weighted by molar-refractivity contribution is 0.686. The number of nitrogens with zero attached hydrogens (tertiary/aromatic N) is 1. The van der Waals surface area contributed by atoms with E-state index in [1.807, 2.05) is 0 Å². The second kappa shape index (κ2) is 5.10. The van der Waals surface area contributed by atoms with Gasteiger partial charge in [0, 0.05) is 23.7 Å². The lowest BCUT2D eigenvalue weighted by Gasteiger charge is -2.16. The molecule has 2 heteroatoms. The van der Waals surface area contributed by atoms with Crippen LogP contribution in [0, 0.1) is 0 Å². The van der Waals surface area contributed by atoms with Crippen molar-refractivity contribution in [3.8, 4) is 0 Å². The standard InChI is InChI=1S/C19H24N2/c1-12(2)14-5-3-7-16-17(11-20-13-9-10-13)15-6-4-8-18(15)21-19(14)16/h3,5,7,12-13,20H,4,6,8-11H2,1-2H3. The molecular formula is C19H24N2. The Bertz CT molecular complexity index is 684. The van der Waals surface area contributed by atoms with E-state index in [0.29, 0.717) is 5.92 Å². The van der Waals surface area contributed by atoms with Crippen molar-refractivity contribution in [2.24, 2.45) is 0 Å². The molecule has 0 atom stereocenters. The highest BCUT2D eigenvalue weighted by Crippen LogP contribution is 2.34. The summed E-state index contributed by atoms with van der Waals surface area (Å²) in [5, 5.41) is 5.10. The lowest BCUT2D eigenvalue weighted by atomic mass is 9.94. The highest BCUT2D eigenvalue weighted by atomic mass is 14.9. The minimum absolute atomic E-state index is 0.532. The molecule has 0 aliphatic heterocycles. The zero-order valence-electron chi connectivity index (χ0n) is 13.1. The first-order valence-corrected chi connectivity index (χ1v) is 8.40. The molecule has 2 aromatic rings. The quantitative estimate of drug-likeness (QED) is 0.912. The SMILES string of the molecule is CC(C)c1cccc2c(CNC3CC3)c3c(nc12)CCC3. The van der Waals surface area contributed by atoms with Crippen LogP contribution in [0.15, 0.2) is 18.2 Å². The van der Waals surface area contributed by atoms with E-state index in [1.54, 1.807) is 0 Å². The molecule has 1 N–H and O–H groups in total. The number of aromatic nitrogens is 1. The number of para-hydroxylation sites is 1. The van der Waals surface area contributed by atoms with Crippen LogP contribution in [-0.4, -0.2) is 11.0 Å². The van der Waals surface area contributed by atoms with Gasteiger partial charge in [-0.05, 0) is 54.7 Å². The first-order chi connectivity index (χ1) is 10.2. The van der Waals surface area contributed by atoms with E-state index in [-0.39, 0.29) is 0 Å². The third-order valence-corrected chi connectivity index (χ3v) is 4.96. The molecule has 1 saturated carbocycles. The Hall–Kier alpha value is -1.41. The maximum absolute atomic E-state index is 5.05. The zero-order valence-corrected chi connectivity index (χ0v) is 13.1. The molecule has 2 aliphatic carbocycles. The average Bonchev–Trinajstić information content (AvgIpc) is 3.19. The van der Waals surface area contributed by atoms with Gasteiger partial charge in [-0.3, -0.25) is 4.98 Å². The van der Waals surface area contributed by atoms with Crippen LogP contribution in [0.3, 0.4) is 0 Å². The Labute approximate surface area is 127 Å². The third-order valence-electron chi connectivity index (χ3n) is 4.96. The molecule has 1 fully saturated rings. The number of rotatable bonds is 4. The molecule has 2 nitrogen and oxygen atoms in total. The van der Waals surface area contributed by atoms with E-state index in [9.17, 15) is 0 Å². The van der Waals surface area contributed by atoms with Crippen molar-refractivity contribution >= 4 is 10.9 Å². The Kier molecular flexibility index (Phi) is 3.22. The summed E-state index contributed by atoms with van der Waals surface area (Å²) in [6.45, 7) is 5.56. The fourth-order valence-electron chi connectivity index (χ4n) is 3.61. The van der Waals surface area contributed by atoms with Crippen LogP contribution in [0.25, 0.3) is 10.9 Å². The summed E-state index contributed by atoms with van der Waals surface area (Å²) in [6, 6.07) is 7.50. The van der Waals surface area contributed by atoms with Gasteiger partial charge in [-0.2, -0.15) is 0 Å².